The Morgan fingerprint density at radius 2 is 1.00 bits per heavy atom. The highest BCUT2D eigenvalue weighted by atomic mass is 35.5. The van der Waals surface area contributed by atoms with Crippen LogP contribution in [0.5, 0.6) is 0 Å². The number of benzene rings is 4. The maximum Gasteiger partial charge on any atom is 0.335 e. The Bertz CT molecular complexity index is 1880. The van der Waals surface area contributed by atoms with Gasteiger partial charge >= 0.3 is 11.9 Å². The van der Waals surface area contributed by atoms with Gasteiger partial charge in [0.1, 0.15) is 0 Å². The standard InChI is InChI=1S/C32H20Cl2N2O4/c33-21-7-3-1-5-17(21)25-27-19-13-15(31(37)38)9-11-23(19)36-30(27)26(18-6-2-4-8-22(18)34)28-20-14-16(32(39)40)10-12-24(20)35-29(25)28/h1-14,25-26,35-36H,(H,37,38)(H,39,40)/t25-,26+. The van der Waals surface area contributed by atoms with E-state index in [2.05, 4.69) is 9.97 Å². The number of aromatic amines is 2. The number of rotatable bonds is 4. The average Bonchev–Trinajstić information content (AvgIpc) is 3.51. The van der Waals surface area contributed by atoms with Crippen molar-refractivity contribution in [3.05, 3.63) is 140 Å². The van der Waals surface area contributed by atoms with Crippen molar-refractivity contribution in [1.82, 2.24) is 9.97 Å². The molecule has 0 fully saturated rings. The minimum absolute atomic E-state index is 0.176. The maximum absolute atomic E-state index is 12.0. The fourth-order valence-corrected chi connectivity index (χ4v) is 6.63. The third kappa shape index (κ3) is 3.57. The number of carbonyl (C=O) groups is 2. The van der Waals surface area contributed by atoms with Crippen LogP contribution in [0.1, 0.15) is 66.2 Å². The second-order valence-corrected chi connectivity index (χ2v) is 10.8. The minimum Gasteiger partial charge on any atom is -0.478 e. The molecule has 0 radical (unpaired) electrons. The van der Waals surface area contributed by atoms with Crippen molar-refractivity contribution in [1.29, 1.82) is 0 Å². The molecule has 40 heavy (non-hydrogen) atoms. The number of hydrogen-bond acceptors (Lipinski definition) is 2. The van der Waals surface area contributed by atoms with Crippen molar-refractivity contribution < 1.29 is 19.8 Å². The van der Waals surface area contributed by atoms with E-state index in [0.717, 1.165) is 55.4 Å². The van der Waals surface area contributed by atoms with Gasteiger partial charge in [0.05, 0.1) is 23.0 Å². The largest absolute Gasteiger partial charge is 0.478 e. The molecule has 0 aliphatic heterocycles. The number of aromatic nitrogens is 2. The minimum atomic E-state index is -1.02. The van der Waals surface area contributed by atoms with E-state index >= 15 is 0 Å². The van der Waals surface area contributed by atoms with Gasteiger partial charge in [-0.15, -0.1) is 0 Å². The van der Waals surface area contributed by atoms with Gasteiger partial charge in [0.25, 0.3) is 0 Å². The zero-order chi connectivity index (χ0) is 27.7. The Morgan fingerprint density at radius 3 is 1.38 bits per heavy atom. The van der Waals surface area contributed by atoms with Crippen LogP contribution in [0.4, 0.5) is 0 Å². The number of carboxylic acid groups (broad SMARTS) is 2. The molecule has 0 unspecified atom stereocenters. The van der Waals surface area contributed by atoms with Crippen molar-refractivity contribution in [2.75, 3.05) is 0 Å². The second kappa shape index (κ2) is 9.01. The first-order chi connectivity index (χ1) is 19.3. The smallest absolute Gasteiger partial charge is 0.335 e. The van der Waals surface area contributed by atoms with Crippen molar-refractivity contribution in [3.8, 4) is 0 Å². The number of fused-ring (bicyclic) bond motifs is 6. The van der Waals surface area contributed by atoms with Crippen LogP contribution in [-0.2, 0) is 0 Å². The molecule has 2 heterocycles. The van der Waals surface area contributed by atoms with Gasteiger partial charge in [0.2, 0.25) is 0 Å². The summed E-state index contributed by atoms with van der Waals surface area (Å²) in [4.78, 5) is 31.1. The molecule has 196 valence electrons. The topological polar surface area (TPSA) is 106 Å². The molecular formula is C32H20Cl2N2O4. The fraction of sp³-hybridized carbons (Fsp3) is 0.0625. The Morgan fingerprint density at radius 1 is 0.600 bits per heavy atom. The number of nitrogens with one attached hydrogen (secondary N) is 2. The van der Waals surface area contributed by atoms with Crippen molar-refractivity contribution in [2.45, 2.75) is 11.8 Å². The Kier molecular flexibility index (Phi) is 5.52. The zero-order valence-electron chi connectivity index (χ0n) is 20.7. The normalized spacial score (nSPS) is 16.1. The molecule has 2 atom stereocenters. The van der Waals surface area contributed by atoms with E-state index in [1.807, 2.05) is 48.5 Å². The molecule has 6 aromatic rings. The summed E-state index contributed by atoms with van der Waals surface area (Å²) in [6.07, 6.45) is 0. The highest BCUT2D eigenvalue weighted by molar-refractivity contribution is 6.32. The van der Waals surface area contributed by atoms with Gasteiger partial charge in [-0.25, -0.2) is 9.59 Å². The van der Waals surface area contributed by atoms with Crippen LogP contribution >= 0.6 is 23.2 Å². The third-order valence-corrected chi connectivity index (χ3v) is 8.51. The van der Waals surface area contributed by atoms with Crippen LogP contribution < -0.4 is 0 Å². The molecule has 0 bridgehead atoms. The van der Waals surface area contributed by atoms with Gasteiger partial charge < -0.3 is 20.2 Å². The lowest BCUT2D eigenvalue weighted by Crippen LogP contribution is -2.20. The van der Waals surface area contributed by atoms with E-state index in [1.54, 1.807) is 36.4 Å². The number of carboxylic acids is 2. The van der Waals surface area contributed by atoms with Gasteiger partial charge in [0.15, 0.2) is 0 Å². The van der Waals surface area contributed by atoms with Crippen molar-refractivity contribution in [3.63, 3.8) is 0 Å². The first-order valence-electron chi connectivity index (χ1n) is 12.6. The summed E-state index contributed by atoms with van der Waals surface area (Å²) in [5, 5.41) is 22.3. The summed E-state index contributed by atoms with van der Waals surface area (Å²) < 4.78 is 0. The van der Waals surface area contributed by atoms with Crippen LogP contribution in [-0.4, -0.2) is 32.1 Å². The lowest BCUT2D eigenvalue weighted by Gasteiger charge is -2.32. The van der Waals surface area contributed by atoms with E-state index < -0.39 is 23.8 Å². The van der Waals surface area contributed by atoms with E-state index in [9.17, 15) is 19.8 Å². The highest BCUT2D eigenvalue weighted by Gasteiger charge is 2.41. The van der Waals surface area contributed by atoms with E-state index in [4.69, 9.17) is 23.2 Å². The van der Waals surface area contributed by atoms with E-state index in [-0.39, 0.29) is 11.1 Å². The summed E-state index contributed by atoms with van der Waals surface area (Å²) >= 11 is 13.6. The molecule has 0 saturated carbocycles. The average molecular weight is 567 g/mol. The Labute approximate surface area is 237 Å². The Balaban J connectivity index is 1.66. The SMILES string of the molecule is O=C(O)c1ccc2[nH]c3c(c2c1)[C@H](c1ccccc1Cl)c1[nH]c2ccc(C(=O)O)cc2c1[C@H]3c1ccccc1Cl. The number of H-pyrrole nitrogens is 2. The molecule has 8 heteroatoms. The fourth-order valence-electron chi connectivity index (χ4n) is 6.14. The van der Waals surface area contributed by atoms with Crippen molar-refractivity contribution in [2.24, 2.45) is 0 Å². The van der Waals surface area contributed by atoms with Crippen molar-refractivity contribution >= 4 is 56.9 Å². The molecule has 0 saturated heterocycles. The highest BCUT2D eigenvalue weighted by Crippen LogP contribution is 2.54. The maximum atomic E-state index is 12.0. The lowest BCUT2D eigenvalue weighted by molar-refractivity contribution is 0.0686. The molecule has 4 aromatic carbocycles. The van der Waals surface area contributed by atoms with Gasteiger partial charge in [-0.3, -0.25) is 0 Å². The van der Waals surface area contributed by atoms with E-state index in [0.29, 0.717) is 10.0 Å². The summed E-state index contributed by atoms with van der Waals surface area (Å²) in [6, 6.07) is 25.3. The second-order valence-electron chi connectivity index (χ2n) is 9.94. The molecule has 7 rings (SSSR count). The number of halogens is 2. The van der Waals surface area contributed by atoms with Gasteiger partial charge in [-0.05, 0) is 70.8 Å². The predicted octanol–water partition coefficient (Wildman–Crippen LogP) is 8.03. The van der Waals surface area contributed by atoms with Crippen LogP contribution in [0.25, 0.3) is 21.8 Å². The van der Waals surface area contributed by atoms with Crippen LogP contribution in [0, 0.1) is 0 Å². The number of hydrogen-bond donors (Lipinski definition) is 4. The first kappa shape index (κ1) is 24.5. The summed E-state index contributed by atoms with van der Waals surface area (Å²) in [6.45, 7) is 0. The van der Waals surface area contributed by atoms with E-state index in [1.165, 1.54) is 0 Å². The quantitative estimate of drug-likeness (QED) is 0.173. The monoisotopic (exact) mass is 566 g/mol. The Hall–Kier alpha value is -4.52. The molecule has 6 nitrogen and oxygen atoms in total. The summed E-state index contributed by atoms with van der Waals surface area (Å²) in [5.41, 5.74) is 7.10. The first-order valence-corrected chi connectivity index (χ1v) is 13.4. The van der Waals surface area contributed by atoms with Crippen LogP contribution in [0.15, 0.2) is 84.9 Å². The lowest BCUT2D eigenvalue weighted by atomic mass is 9.72. The molecule has 4 N–H and O–H groups in total. The van der Waals surface area contributed by atoms with Crippen LogP contribution in [0.2, 0.25) is 10.0 Å². The predicted molar refractivity (Wildman–Crippen MR) is 155 cm³/mol. The molecule has 1 aliphatic carbocycles. The summed E-state index contributed by atoms with van der Waals surface area (Å²) in [5.74, 6) is -2.82. The molecular weight excluding hydrogens is 547 g/mol. The zero-order valence-corrected chi connectivity index (χ0v) is 22.2. The molecule has 2 aromatic heterocycles. The van der Waals surface area contributed by atoms with Gasteiger partial charge in [-0.2, -0.15) is 0 Å². The van der Waals surface area contributed by atoms with Gasteiger partial charge in [0, 0.05) is 43.2 Å². The summed E-state index contributed by atoms with van der Waals surface area (Å²) in [7, 11) is 0. The van der Waals surface area contributed by atoms with Gasteiger partial charge in [-0.1, -0.05) is 59.6 Å². The van der Waals surface area contributed by atoms with Crippen LogP contribution in [0.3, 0.4) is 0 Å². The third-order valence-electron chi connectivity index (χ3n) is 7.82. The number of aromatic carboxylic acids is 2. The molecule has 0 amide bonds. The molecule has 1 aliphatic rings. The molecule has 0 spiro atoms.